The van der Waals surface area contributed by atoms with Gasteiger partial charge in [-0.15, -0.1) is 0 Å². The maximum atomic E-state index is 4.44. The molecular weight excluding hydrogens is 150 g/mol. The molecule has 0 bridgehead atoms. The fraction of sp³-hybridized carbons (Fsp3) is 0.556. The molecule has 3 nitrogen and oxygen atoms in total. The van der Waals surface area contributed by atoms with E-state index in [0.717, 1.165) is 5.62 Å². The molecule has 1 heterocycles. The molecule has 0 aliphatic rings. The molecule has 0 radical (unpaired) electrons. The van der Waals surface area contributed by atoms with Crippen molar-refractivity contribution in [3.63, 3.8) is 0 Å². The third-order valence-corrected chi connectivity index (χ3v) is 1.34. The first-order valence-electron chi connectivity index (χ1n) is 4.02. The minimum atomic E-state index is -0.0634. The van der Waals surface area contributed by atoms with E-state index in [9.17, 15) is 0 Å². The number of rotatable bonds is 0. The summed E-state index contributed by atoms with van der Waals surface area (Å²) in [5, 5.41) is 0. The molecule has 0 unspecified atom stereocenters. The zero-order valence-corrected chi connectivity index (χ0v) is 8.07. The van der Waals surface area contributed by atoms with Crippen LogP contribution in [-0.2, 0) is 7.05 Å². The Kier molecular flexibility index (Phi) is 2.31. The van der Waals surface area contributed by atoms with E-state index in [1.54, 1.807) is 6.20 Å². The molecule has 3 heteroatoms. The molecule has 1 aromatic heterocycles. The average Bonchev–Trinajstić information content (AvgIpc) is 1.91. The van der Waals surface area contributed by atoms with Gasteiger partial charge in [0, 0.05) is 19.4 Å². The van der Waals surface area contributed by atoms with Crippen LogP contribution in [0.1, 0.15) is 20.8 Å². The second-order valence-corrected chi connectivity index (χ2v) is 3.81. The molecule has 0 aliphatic carbocycles. The van der Waals surface area contributed by atoms with Crippen LogP contribution < -0.4 is 5.62 Å². The minimum Gasteiger partial charge on any atom is -0.321 e. The van der Waals surface area contributed by atoms with Gasteiger partial charge in [0.1, 0.15) is 0 Å². The Labute approximate surface area is 72.8 Å². The summed E-state index contributed by atoms with van der Waals surface area (Å²) < 4.78 is 1.91. The minimum absolute atomic E-state index is 0.0634. The Bertz CT molecular complexity index is 317. The smallest absolute Gasteiger partial charge is 0.224 e. The molecule has 0 N–H and O–H groups in total. The summed E-state index contributed by atoms with van der Waals surface area (Å²) >= 11 is 0. The van der Waals surface area contributed by atoms with E-state index >= 15 is 0 Å². The Morgan fingerprint density at radius 1 is 1.42 bits per heavy atom. The van der Waals surface area contributed by atoms with Crippen molar-refractivity contribution in [2.75, 3.05) is 0 Å². The second-order valence-electron chi connectivity index (χ2n) is 3.81. The van der Waals surface area contributed by atoms with Gasteiger partial charge >= 0.3 is 0 Å². The Hall–Kier alpha value is -1.12. The fourth-order valence-corrected chi connectivity index (χ4v) is 0.843. The zero-order chi connectivity index (χ0) is 9.19. The average molecular weight is 165 g/mol. The van der Waals surface area contributed by atoms with Crippen LogP contribution in [0.15, 0.2) is 23.5 Å². The van der Waals surface area contributed by atoms with Gasteiger partial charge in [0.05, 0.1) is 5.54 Å². The Morgan fingerprint density at radius 3 is 2.58 bits per heavy atom. The van der Waals surface area contributed by atoms with E-state index in [2.05, 4.69) is 30.7 Å². The molecule has 0 saturated carbocycles. The van der Waals surface area contributed by atoms with Gasteiger partial charge in [-0.05, 0) is 26.8 Å². The molecule has 0 fully saturated rings. The van der Waals surface area contributed by atoms with Crippen molar-refractivity contribution in [1.29, 1.82) is 0 Å². The van der Waals surface area contributed by atoms with E-state index in [-0.39, 0.29) is 5.54 Å². The molecule has 0 aromatic carbocycles. The first kappa shape index (κ1) is 8.97. The molecule has 0 saturated heterocycles. The number of aromatic nitrogens is 2. The van der Waals surface area contributed by atoms with Crippen molar-refractivity contribution in [1.82, 2.24) is 9.55 Å². The maximum absolute atomic E-state index is 4.44. The van der Waals surface area contributed by atoms with E-state index in [1.165, 1.54) is 0 Å². The van der Waals surface area contributed by atoms with Crippen molar-refractivity contribution < 1.29 is 0 Å². The molecule has 1 aromatic rings. The normalized spacial score (nSPS) is 13.5. The Morgan fingerprint density at radius 2 is 2.08 bits per heavy atom. The van der Waals surface area contributed by atoms with Crippen LogP contribution in [0.4, 0.5) is 0 Å². The fourth-order valence-electron chi connectivity index (χ4n) is 0.843. The van der Waals surface area contributed by atoms with Gasteiger partial charge in [-0.25, -0.2) is 9.98 Å². The standard InChI is InChI=1S/C9H15N3/c1-9(2,3)11-8-10-6-5-7-12(8)4/h5-7H,1-4H3/b11-8-. The van der Waals surface area contributed by atoms with Crippen LogP contribution in [0.25, 0.3) is 0 Å². The van der Waals surface area contributed by atoms with Gasteiger partial charge in [-0.2, -0.15) is 0 Å². The van der Waals surface area contributed by atoms with E-state index in [4.69, 9.17) is 0 Å². The van der Waals surface area contributed by atoms with Crippen LogP contribution in [0.3, 0.4) is 0 Å². The van der Waals surface area contributed by atoms with E-state index < -0.39 is 0 Å². The lowest BCUT2D eigenvalue weighted by atomic mass is 10.1. The number of hydrogen-bond acceptors (Lipinski definition) is 2. The van der Waals surface area contributed by atoms with Gasteiger partial charge in [-0.1, -0.05) is 0 Å². The quantitative estimate of drug-likeness (QED) is 0.566. The highest BCUT2D eigenvalue weighted by molar-refractivity contribution is 4.81. The molecule has 66 valence electrons. The van der Waals surface area contributed by atoms with Crippen molar-refractivity contribution in [2.24, 2.45) is 12.0 Å². The van der Waals surface area contributed by atoms with Crippen LogP contribution in [0, 0.1) is 0 Å². The lowest BCUT2D eigenvalue weighted by molar-refractivity contribution is 0.542. The topological polar surface area (TPSA) is 30.2 Å². The zero-order valence-electron chi connectivity index (χ0n) is 8.07. The molecule has 0 aliphatic heterocycles. The van der Waals surface area contributed by atoms with Crippen molar-refractivity contribution in [3.05, 3.63) is 24.1 Å². The van der Waals surface area contributed by atoms with Gasteiger partial charge in [0.25, 0.3) is 0 Å². The summed E-state index contributed by atoms with van der Waals surface area (Å²) in [5.74, 6) is 0. The highest BCUT2D eigenvalue weighted by Gasteiger charge is 2.06. The summed E-state index contributed by atoms with van der Waals surface area (Å²) in [6.07, 6.45) is 3.70. The summed E-state index contributed by atoms with van der Waals surface area (Å²) in [6, 6.07) is 1.89. The third kappa shape index (κ3) is 2.49. The van der Waals surface area contributed by atoms with E-state index in [1.807, 2.05) is 23.9 Å². The maximum Gasteiger partial charge on any atom is 0.224 e. The van der Waals surface area contributed by atoms with Crippen molar-refractivity contribution in [3.8, 4) is 0 Å². The summed E-state index contributed by atoms with van der Waals surface area (Å²) in [4.78, 5) is 8.60. The number of aryl methyl sites for hydroxylation is 1. The van der Waals surface area contributed by atoms with Crippen LogP contribution >= 0.6 is 0 Å². The van der Waals surface area contributed by atoms with Gasteiger partial charge in [0.2, 0.25) is 5.62 Å². The predicted octanol–water partition coefficient (Wildman–Crippen LogP) is 1.12. The SMILES string of the molecule is Cn1cccn/c1=N/C(C)(C)C. The molecule has 1 rings (SSSR count). The monoisotopic (exact) mass is 165 g/mol. The lowest BCUT2D eigenvalue weighted by Gasteiger charge is -2.10. The van der Waals surface area contributed by atoms with Crippen LogP contribution in [0.5, 0.6) is 0 Å². The van der Waals surface area contributed by atoms with Crippen LogP contribution in [0.2, 0.25) is 0 Å². The summed E-state index contributed by atoms with van der Waals surface area (Å²) in [5.41, 5.74) is 0.705. The summed E-state index contributed by atoms with van der Waals surface area (Å²) in [7, 11) is 1.94. The number of nitrogens with zero attached hydrogens (tertiary/aromatic N) is 3. The van der Waals surface area contributed by atoms with Gasteiger partial charge in [0.15, 0.2) is 0 Å². The molecular formula is C9H15N3. The Balaban J connectivity index is 3.20. The molecule has 12 heavy (non-hydrogen) atoms. The molecule has 0 spiro atoms. The van der Waals surface area contributed by atoms with Gasteiger partial charge in [-0.3, -0.25) is 0 Å². The second kappa shape index (κ2) is 3.09. The first-order valence-corrected chi connectivity index (χ1v) is 4.02. The molecule has 0 atom stereocenters. The van der Waals surface area contributed by atoms with E-state index in [0.29, 0.717) is 0 Å². The highest BCUT2D eigenvalue weighted by atomic mass is 15.1. The van der Waals surface area contributed by atoms with Crippen molar-refractivity contribution >= 4 is 0 Å². The first-order chi connectivity index (χ1) is 5.49. The summed E-state index contributed by atoms with van der Waals surface area (Å²) in [6.45, 7) is 6.17. The highest BCUT2D eigenvalue weighted by Crippen LogP contribution is 2.03. The lowest BCUT2D eigenvalue weighted by Crippen LogP contribution is -2.26. The van der Waals surface area contributed by atoms with Crippen LogP contribution in [-0.4, -0.2) is 15.1 Å². The van der Waals surface area contributed by atoms with Crippen molar-refractivity contribution in [2.45, 2.75) is 26.3 Å². The largest absolute Gasteiger partial charge is 0.321 e. The number of hydrogen-bond donors (Lipinski definition) is 0. The third-order valence-electron chi connectivity index (χ3n) is 1.34. The molecule has 0 amide bonds. The predicted molar refractivity (Wildman–Crippen MR) is 48.5 cm³/mol. The van der Waals surface area contributed by atoms with Gasteiger partial charge < -0.3 is 4.57 Å².